The van der Waals surface area contributed by atoms with Gasteiger partial charge in [-0.05, 0) is 62.3 Å². The van der Waals surface area contributed by atoms with Crippen LogP contribution in [0.1, 0.15) is 29.0 Å². The molecule has 0 amide bonds. The number of benzene rings is 2. The maximum atomic E-state index is 13.2. The first-order valence-electron chi connectivity index (χ1n) is 10.0. The number of alkyl halides is 1. The van der Waals surface area contributed by atoms with Gasteiger partial charge in [-0.2, -0.15) is 0 Å². The van der Waals surface area contributed by atoms with E-state index in [2.05, 4.69) is 9.88 Å². The van der Waals surface area contributed by atoms with E-state index in [0.29, 0.717) is 22.1 Å². The van der Waals surface area contributed by atoms with E-state index < -0.39 is 6.67 Å². The highest BCUT2D eigenvalue weighted by molar-refractivity contribution is 6.30. The molecule has 1 fully saturated rings. The van der Waals surface area contributed by atoms with Crippen LogP contribution in [-0.2, 0) is 13.1 Å². The predicted molar refractivity (Wildman–Crippen MR) is 115 cm³/mol. The lowest BCUT2D eigenvalue weighted by molar-refractivity contribution is 0.112. The molecule has 156 valence electrons. The van der Waals surface area contributed by atoms with E-state index in [4.69, 9.17) is 16.3 Å². The molecule has 0 spiro atoms. The van der Waals surface area contributed by atoms with Crippen LogP contribution in [-0.4, -0.2) is 40.5 Å². The van der Waals surface area contributed by atoms with Crippen molar-refractivity contribution < 1.29 is 13.9 Å². The number of halogens is 2. The van der Waals surface area contributed by atoms with E-state index in [0.717, 1.165) is 43.0 Å². The lowest BCUT2D eigenvalue weighted by Gasteiger charge is -2.16. The van der Waals surface area contributed by atoms with Crippen LogP contribution in [0.2, 0.25) is 5.02 Å². The number of rotatable bonds is 8. The highest BCUT2D eigenvalue weighted by atomic mass is 35.5. The van der Waals surface area contributed by atoms with Gasteiger partial charge >= 0.3 is 0 Å². The Morgan fingerprint density at radius 3 is 2.60 bits per heavy atom. The molecule has 3 aromatic rings. The Hall–Kier alpha value is -2.70. The van der Waals surface area contributed by atoms with Crippen molar-refractivity contribution in [1.29, 1.82) is 0 Å². The summed E-state index contributed by atoms with van der Waals surface area (Å²) in [6, 6.07) is 12.3. The minimum absolute atomic E-state index is 0.280. The van der Waals surface area contributed by atoms with Gasteiger partial charge in [0.1, 0.15) is 24.0 Å². The number of carbonyl (C=O) groups excluding carboxylic acids is 1. The third kappa shape index (κ3) is 4.55. The molecule has 1 aliphatic heterocycles. The topological polar surface area (TPSA) is 47.4 Å². The SMILES string of the molecule is O=Cc1ccc(Cl)cc1Oc1ccc(-c2cnc(CN3CCCC3)n2CCF)cc1. The monoisotopic (exact) mass is 427 g/mol. The minimum Gasteiger partial charge on any atom is -0.457 e. The molecule has 0 N–H and O–H groups in total. The number of likely N-dealkylation sites (tertiary alicyclic amines) is 1. The van der Waals surface area contributed by atoms with Gasteiger partial charge in [0.05, 0.1) is 30.5 Å². The highest BCUT2D eigenvalue weighted by Crippen LogP contribution is 2.30. The van der Waals surface area contributed by atoms with Crippen LogP contribution in [0.15, 0.2) is 48.7 Å². The molecule has 0 saturated carbocycles. The van der Waals surface area contributed by atoms with Crippen LogP contribution >= 0.6 is 11.6 Å². The zero-order chi connectivity index (χ0) is 20.9. The first-order chi connectivity index (χ1) is 14.7. The third-order valence-corrected chi connectivity index (χ3v) is 5.53. The van der Waals surface area contributed by atoms with Crippen molar-refractivity contribution in [2.45, 2.75) is 25.9 Å². The van der Waals surface area contributed by atoms with Crippen molar-refractivity contribution in [2.75, 3.05) is 19.8 Å². The second kappa shape index (κ2) is 9.41. The Kier molecular flexibility index (Phi) is 6.45. The van der Waals surface area contributed by atoms with Gasteiger partial charge in [-0.25, -0.2) is 9.37 Å². The largest absolute Gasteiger partial charge is 0.457 e. The van der Waals surface area contributed by atoms with E-state index in [9.17, 15) is 9.18 Å². The fourth-order valence-electron chi connectivity index (χ4n) is 3.76. The van der Waals surface area contributed by atoms with Crippen LogP contribution in [0.3, 0.4) is 0 Å². The fourth-order valence-corrected chi connectivity index (χ4v) is 3.92. The van der Waals surface area contributed by atoms with Crippen LogP contribution in [0.25, 0.3) is 11.3 Å². The van der Waals surface area contributed by atoms with Crippen molar-refractivity contribution >= 4 is 17.9 Å². The van der Waals surface area contributed by atoms with Gasteiger partial charge < -0.3 is 9.30 Å². The summed E-state index contributed by atoms with van der Waals surface area (Å²) in [5.74, 6) is 1.87. The number of imidazole rings is 1. The van der Waals surface area contributed by atoms with Crippen molar-refractivity contribution in [1.82, 2.24) is 14.5 Å². The van der Waals surface area contributed by atoms with Gasteiger partial charge in [-0.1, -0.05) is 11.6 Å². The summed E-state index contributed by atoms with van der Waals surface area (Å²) < 4.78 is 21.0. The molecule has 2 aromatic carbocycles. The normalized spacial score (nSPS) is 14.2. The Morgan fingerprint density at radius 1 is 1.13 bits per heavy atom. The number of hydrogen-bond donors (Lipinski definition) is 0. The minimum atomic E-state index is -0.444. The van der Waals surface area contributed by atoms with Crippen molar-refractivity contribution in [3.05, 3.63) is 65.1 Å². The van der Waals surface area contributed by atoms with Crippen molar-refractivity contribution in [3.8, 4) is 22.8 Å². The lowest BCUT2D eigenvalue weighted by atomic mass is 10.1. The molecule has 5 nitrogen and oxygen atoms in total. The maximum absolute atomic E-state index is 13.2. The molecule has 1 aliphatic rings. The molecule has 0 aliphatic carbocycles. The van der Waals surface area contributed by atoms with Gasteiger partial charge in [0.25, 0.3) is 0 Å². The van der Waals surface area contributed by atoms with Crippen LogP contribution in [0.4, 0.5) is 4.39 Å². The molecular formula is C23H23ClFN3O2. The summed E-state index contributed by atoms with van der Waals surface area (Å²) in [6.07, 6.45) is 4.95. The standard InChI is InChI=1S/C23H23ClFN3O2/c24-19-6-3-18(16-29)22(13-19)30-20-7-4-17(5-8-20)21-14-26-23(28(21)12-9-25)15-27-10-1-2-11-27/h3-8,13-14,16H,1-2,9-12,15H2. The average Bonchev–Trinajstić information content (AvgIpc) is 3.40. The molecule has 2 heterocycles. The molecule has 1 aromatic heterocycles. The van der Waals surface area contributed by atoms with E-state index in [1.165, 1.54) is 12.8 Å². The molecule has 1 saturated heterocycles. The first-order valence-corrected chi connectivity index (χ1v) is 10.4. The third-order valence-electron chi connectivity index (χ3n) is 5.29. The lowest BCUT2D eigenvalue weighted by Crippen LogP contribution is -2.21. The number of hydrogen-bond acceptors (Lipinski definition) is 4. The zero-order valence-electron chi connectivity index (χ0n) is 16.6. The van der Waals surface area contributed by atoms with E-state index in [1.54, 1.807) is 24.4 Å². The molecule has 30 heavy (non-hydrogen) atoms. The fraction of sp³-hybridized carbons (Fsp3) is 0.304. The summed E-state index contributed by atoms with van der Waals surface area (Å²) in [7, 11) is 0. The maximum Gasteiger partial charge on any atom is 0.153 e. The summed E-state index contributed by atoms with van der Waals surface area (Å²) in [5, 5.41) is 0.493. The van der Waals surface area contributed by atoms with Crippen molar-refractivity contribution in [2.24, 2.45) is 0 Å². The Labute approximate surface area is 180 Å². The second-order valence-corrected chi connectivity index (χ2v) is 7.75. The molecule has 4 rings (SSSR count). The quantitative estimate of drug-likeness (QED) is 0.453. The highest BCUT2D eigenvalue weighted by Gasteiger charge is 2.17. The van der Waals surface area contributed by atoms with E-state index in [1.807, 2.05) is 28.8 Å². The smallest absolute Gasteiger partial charge is 0.153 e. The van der Waals surface area contributed by atoms with Gasteiger partial charge in [-0.15, -0.1) is 0 Å². The first kappa shape index (κ1) is 20.6. The number of aromatic nitrogens is 2. The summed E-state index contributed by atoms with van der Waals surface area (Å²) in [6.45, 7) is 2.71. The van der Waals surface area contributed by atoms with E-state index >= 15 is 0 Å². The molecule has 0 bridgehead atoms. The molecule has 0 unspecified atom stereocenters. The van der Waals surface area contributed by atoms with Crippen LogP contribution in [0, 0.1) is 0 Å². The van der Waals surface area contributed by atoms with Crippen LogP contribution in [0.5, 0.6) is 11.5 Å². The number of aldehydes is 1. The Bertz CT molecular complexity index is 1010. The second-order valence-electron chi connectivity index (χ2n) is 7.31. The van der Waals surface area contributed by atoms with E-state index in [-0.39, 0.29) is 6.54 Å². The van der Waals surface area contributed by atoms with Crippen molar-refractivity contribution in [3.63, 3.8) is 0 Å². The van der Waals surface area contributed by atoms with Crippen LogP contribution < -0.4 is 4.74 Å². The van der Waals surface area contributed by atoms with Gasteiger partial charge in [-0.3, -0.25) is 9.69 Å². The summed E-state index contributed by atoms with van der Waals surface area (Å²) in [5.41, 5.74) is 2.23. The summed E-state index contributed by atoms with van der Waals surface area (Å²) >= 11 is 6.02. The number of ether oxygens (including phenoxy) is 1. The number of carbonyl (C=O) groups is 1. The molecular weight excluding hydrogens is 405 g/mol. The average molecular weight is 428 g/mol. The molecule has 0 radical (unpaired) electrons. The predicted octanol–water partition coefficient (Wildman–Crippen LogP) is 5.37. The molecule has 7 heteroatoms. The summed E-state index contributed by atoms with van der Waals surface area (Å²) in [4.78, 5) is 18.1. The van der Waals surface area contributed by atoms with Gasteiger partial charge in [0, 0.05) is 16.7 Å². The Morgan fingerprint density at radius 2 is 1.90 bits per heavy atom. The number of nitrogens with zero attached hydrogens (tertiary/aromatic N) is 3. The zero-order valence-corrected chi connectivity index (χ0v) is 17.3. The van der Waals surface area contributed by atoms with Gasteiger partial charge in [0.2, 0.25) is 0 Å². The van der Waals surface area contributed by atoms with Gasteiger partial charge in [0.15, 0.2) is 6.29 Å². The molecule has 0 atom stereocenters. The Balaban J connectivity index is 1.56.